The molecule has 0 bridgehead atoms. The van der Waals surface area contributed by atoms with Crippen LogP contribution in [0.2, 0.25) is 0 Å². The molecule has 1 rings (SSSR count). The van der Waals surface area contributed by atoms with Gasteiger partial charge in [0.25, 0.3) is 0 Å². The van der Waals surface area contributed by atoms with Crippen molar-refractivity contribution in [3.63, 3.8) is 0 Å². The second-order valence-electron chi connectivity index (χ2n) is 4.04. The molecule has 0 fully saturated rings. The fourth-order valence-corrected chi connectivity index (χ4v) is 2.01. The van der Waals surface area contributed by atoms with E-state index in [0.29, 0.717) is 6.42 Å². The van der Waals surface area contributed by atoms with Gasteiger partial charge in [0.15, 0.2) is 0 Å². The Labute approximate surface area is 101 Å². The third-order valence-electron chi connectivity index (χ3n) is 2.68. The molecule has 4 nitrogen and oxygen atoms in total. The molecule has 2 unspecified atom stereocenters. The number of hydrogen-bond acceptors (Lipinski definition) is 3. The number of rotatable bonds is 7. The maximum absolute atomic E-state index is 10.7. The van der Waals surface area contributed by atoms with E-state index in [0.717, 1.165) is 12.8 Å². The van der Waals surface area contributed by atoms with Crippen molar-refractivity contribution in [3.8, 4) is 0 Å². The molecule has 0 amide bonds. The van der Waals surface area contributed by atoms with E-state index in [-0.39, 0.29) is 6.42 Å². The van der Waals surface area contributed by atoms with Crippen LogP contribution in [0.5, 0.6) is 0 Å². The van der Waals surface area contributed by atoms with Crippen molar-refractivity contribution in [2.24, 2.45) is 0 Å². The van der Waals surface area contributed by atoms with Gasteiger partial charge in [0.05, 0.1) is 0 Å². The quantitative estimate of drug-likeness (QED) is 0.577. The largest absolute Gasteiger partial charge is 0.479 e. The number of aliphatic carboxylic acids is 1. The van der Waals surface area contributed by atoms with E-state index < -0.39 is 19.8 Å². The number of hydrogen-bond donors (Lipinski definition) is 2. The van der Waals surface area contributed by atoms with Crippen LogP contribution < -0.4 is 0 Å². The van der Waals surface area contributed by atoms with Crippen molar-refractivity contribution in [1.82, 2.24) is 0 Å². The topological polar surface area (TPSA) is 74.6 Å². The maximum Gasteiger partial charge on any atom is 0.342 e. The summed E-state index contributed by atoms with van der Waals surface area (Å²) in [5.74, 6) is -1.39. The highest BCUT2D eigenvalue weighted by atomic mass is 31.1. The summed E-state index contributed by atoms with van der Waals surface area (Å²) in [5, 5.41) is 16.2. The lowest BCUT2D eigenvalue weighted by molar-refractivity contribution is -0.150. The third kappa shape index (κ3) is 4.33. The van der Waals surface area contributed by atoms with E-state index in [1.165, 1.54) is 5.56 Å². The van der Waals surface area contributed by atoms with Gasteiger partial charge in [0, 0.05) is 0 Å². The van der Waals surface area contributed by atoms with Gasteiger partial charge in [-0.15, -0.1) is 0 Å². The zero-order valence-electron chi connectivity index (χ0n) is 9.50. The van der Waals surface area contributed by atoms with Gasteiger partial charge in [-0.05, 0) is 31.2 Å². The van der Waals surface area contributed by atoms with Crippen LogP contribution in [-0.2, 0) is 15.8 Å². The van der Waals surface area contributed by atoms with Crippen LogP contribution in [0.25, 0.3) is 0 Å². The van der Waals surface area contributed by atoms with Crippen LogP contribution in [0.4, 0.5) is 0 Å². The molecule has 2 N–H and O–H groups in total. The summed E-state index contributed by atoms with van der Waals surface area (Å²) in [6.07, 6.45) is 2.21. The molecule has 0 saturated carbocycles. The lowest BCUT2D eigenvalue weighted by Gasteiger charge is -2.16. The molecule has 2 atom stereocenters. The van der Waals surface area contributed by atoms with E-state index in [1.807, 2.05) is 30.3 Å². The molecule has 0 saturated heterocycles. The first kappa shape index (κ1) is 13.9. The molecule has 0 aliphatic rings. The van der Waals surface area contributed by atoms with Crippen LogP contribution in [0, 0.1) is 0 Å². The summed E-state index contributed by atoms with van der Waals surface area (Å²) in [7, 11) is -1.72. The highest BCUT2D eigenvalue weighted by Gasteiger charge is 2.33. The van der Waals surface area contributed by atoms with Crippen LogP contribution >= 0.6 is 8.46 Å². The number of aryl methyl sites for hydroxylation is 1. The molecule has 1 aromatic carbocycles. The molecular weight excluding hydrogens is 239 g/mol. The predicted octanol–water partition coefficient (Wildman–Crippen LogP) is 1.93. The van der Waals surface area contributed by atoms with Crippen molar-refractivity contribution in [3.05, 3.63) is 35.9 Å². The zero-order chi connectivity index (χ0) is 12.7. The lowest BCUT2D eigenvalue weighted by atomic mass is 10.1. The second kappa shape index (κ2) is 6.58. The van der Waals surface area contributed by atoms with Crippen LogP contribution in [0.15, 0.2) is 30.3 Å². The Morgan fingerprint density at radius 2 is 1.88 bits per heavy atom. The van der Waals surface area contributed by atoms with Crippen molar-refractivity contribution < 1.29 is 19.6 Å². The average molecular weight is 256 g/mol. The summed E-state index contributed by atoms with van der Waals surface area (Å²) in [5.41, 5.74) is 1.18. The van der Waals surface area contributed by atoms with Gasteiger partial charge >= 0.3 is 5.97 Å². The van der Waals surface area contributed by atoms with Crippen molar-refractivity contribution >= 4 is 14.4 Å². The molecule has 0 spiro atoms. The van der Waals surface area contributed by atoms with Crippen LogP contribution in [0.1, 0.15) is 24.8 Å². The minimum absolute atomic E-state index is 0.0496. The number of carbonyl (C=O) groups is 1. The smallest absolute Gasteiger partial charge is 0.342 e. The van der Waals surface area contributed by atoms with Gasteiger partial charge in [0.2, 0.25) is 5.34 Å². The molecule has 0 aromatic heterocycles. The number of benzene rings is 1. The molecular formula is C12H17O4P. The number of carboxylic acids is 1. The van der Waals surface area contributed by atoms with E-state index >= 15 is 0 Å². The molecule has 0 aliphatic carbocycles. The molecule has 0 heterocycles. The highest BCUT2D eigenvalue weighted by molar-refractivity contribution is 7.27. The molecule has 0 aliphatic heterocycles. The first-order valence-electron chi connectivity index (χ1n) is 5.54. The minimum Gasteiger partial charge on any atom is -0.479 e. The standard InChI is InChI=1S/C12H17O4P/c13-11(14)12(15,17-16)9-5-4-8-10-6-2-1-3-7-10/h1-3,6-7,15H,4-5,8-9,17H2,(H,13,14). The molecule has 1 aromatic rings. The molecule has 0 radical (unpaired) electrons. The van der Waals surface area contributed by atoms with Crippen molar-refractivity contribution in [2.45, 2.75) is 31.0 Å². The maximum atomic E-state index is 10.7. The Hall–Kier alpha value is -1.12. The Bertz CT molecular complexity index is 379. The number of aliphatic hydroxyl groups is 1. The van der Waals surface area contributed by atoms with E-state index in [1.54, 1.807) is 0 Å². The monoisotopic (exact) mass is 256 g/mol. The zero-order valence-corrected chi connectivity index (χ0v) is 10.7. The summed E-state index contributed by atoms with van der Waals surface area (Å²) in [6.45, 7) is 0. The summed E-state index contributed by atoms with van der Waals surface area (Å²) >= 11 is 0. The first-order chi connectivity index (χ1) is 8.08. The summed E-state index contributed by atoms with van der Waals surface area (Å²) in [4.78, 5) is 10.7. The van der Waals surface area contributed by atoms with Gasteiger partial charge in [0.1, 0.15) is 8.46 Å². The van der Waals surface area contributed by atoms with Crippen molar-refractivity contribution in [1.29, 1.82) is 0 Å². The minimum atomic E-state index is -2.02. The van der Waals surface area contributed by atoms with Crippen molar-refractivity contribution in [2.75, 3.05) is 0 Å². The molecule has 17 heavy (non-hydrogen) atoms. The van der Waals surface area contributed by atoms with Gasteiger partial charge in [-0.25, -0.2) is 4.79 Å². The van der Waals surface area contributed by atoms with Gasteiger partial charge in [-0.3, -0.25) is 0 Å². The van der Waals surface area contributed by atoms with Gasteiger partial charge in [-0.1, -0.05) is 30.3 Å². The fourth-order valence-electron chi connectivity index (χ4n) is 1.58. The van der Waals surface area contributed by atoms with E-state index in [9.17, 15) is 14.5 Å². The van der Waals surface area contributed by atoms with Gasteiger partial charge in [-0.2, -0.15) is 0 Å². The van der Waals surface area contributed by atoms with E-state index in [2.05, 4.69) is 0 Å². The lowest BCUT2D eigenvalue weighted by Crippen LogP contribution is -2.31. The van der Waals surface area contributed by atoms with E-state index in [4.69, 9.17) is 5.11 Å². The molecule has 5 heteroatoms. The normalized spacial score (nSPS) is 14.9. The Balaban J connectivity index is 2.33. The Kier molecular flexibility index (Phi) is 5.39. The number of carboxylic acid groups (broad SMARTS) is 1. The average Bonchev–Trinajstić information content (AvgIpc) is 2.35. The fraction of sp³-hybridized carbons (Fsp3) is 0.417. The SMILES string of the molecule is O=[PH2]C(O)(CCCCc1ccccc1)C(=O)O. The Morgan fingerprint density at radius 1 is 1.24 bits per heavy atom. The highest BCUT2D eigenvalue weighted by Crippen LogP contribution is 2.26. The molecule has 94 valence electrons. The van der Waals surface area contributed by atoms with Gasteiger partial charge < -0.3 is 14.8 Å². The summed E-state index contributed by atoms with van der Waals surface area (Å²) < 4.78 is 10.7. The second-order valence-corrected chi connectivity index (χ2v) is 5.23. The predicted molar refractivity (Wildman–Crippen MR) is 67.0 cm³/mol. The first-order valence-corrected chi connectivity index (χ1v) is 6.59. The number of unbranched alkanes of at least 4 members (excludes halogenated alkanes) is 1. The third-order valence-corrected chi connectivity index (χ3v) is 3.61. The summed E-state index contributed by atoms with van der Waals surface area (Å²) in [6, 6.07) is 9.84. The Morgan fingerprint density at radius 3 is 2.41 bits per heavy atom. The van der Waals surface area contributed by atoms with Crippen LogP contribution in [-0.4, -0.2) is 21.5 Å². The van der Waals surface area contributed by atoms with Crippen LogP contribution in [0.3, 0.4) is 0 Å².